The molecule has 186 valence electrons. The van der Waals surface area contributed by atoms with E-state index < -0.39 is 36.2 Å². The van der Waals surface area contributed by atoms with Crippen LogP contribution in [0.1, 0.15) is 55.6 Å². The largest absolute Gasteiger partial charge is 0.455 e. The van der Waals surface area contributed by atoms with Crippen molar-refractivity contribution in [1.29, 1.82) is 0 Å². The Hall–Kier alpha value is -3.20. The van der Waals surface area contributed by atoms with Crippen molar-refractivity contribution in [1.82, 2.24) is 10.4 Å². The van der Waals surface area contributed by atoms with Crippen LogP contribution in [0, 0.1) is 5.92 Å². The van der Waals surface area contributed by atoms with Crippen LogP contribution >= 0.6 is 15.9 Å². The molecule has 3 rings (SSSR count). The van der Waals surface area contributed by atoms with Crippen LogP contribution in [0.4, 0.5) is 5.69 Å². The summed E-state index contributed by atoms with van der Waals surface area (Å²) >= 11 is 3.40. The van der Waals surface area contributed by atoms with E-state index in [4.69, 9.17) is 4.74 Å². The van der Waals surface area contributed by atoms with E-state index in [2.05, 4.69) is 47.4 Å². The van der Waals surface area contributed by atoms with E-state index >= 15 is 0 Å². The summed E-state index contributed by atoms with van der Waals surface area (Å²) in [7, 11) is 0. The molecule has 3 amide bonds. The van der Waals surface area contributed by atoms with Gasteiger partial charge in [0.1, 0.15) is 0 Å². The van der Waals surface area contributed by atoms with Gasteiger partial charge >= 0.3 is 5.97 Å². The van der Waals surface area contributed by atoms with Crippen LogP contribution in [-0.4, -0.2) is 41.9 Å². The summed E-state index contributed by atoms with van der Waals surface area (Å²) in [5, 5.41) is 3.86. The Labute approximate surface area is 213 Å². The first kappa shape index (κ1) is 26.4. The fourth-order valence-corrected chi connectivity index (χ4v) is 4.11. The number of halogens is 1. The van der Waals surface area contributed by atoms with E-state index in [9.17, 15) is 19.2 Å². The summed E-state index contributed by atoms with van der Waals surface area (Å²) in [6, 6.07) is 12.7. The van der Waals surface area contributed by atoms with Crippen molar-refractivity contribution in [3.63, 3.8) is 0 Å². The van der Waals surface area contributed by atoms with Crippen molar-refractivity contribution in [3.8, 4) is 0 Å². The second kappa shape index (κ2) is 11.0. The number of rotatable bonds is 7. The highest BCUT2D eigenvalue weighted by atomic mass is 79.9. The molecule has 2 aromatic carbocycles. The fourth-order valence-electron chi connectivity index (χ4n) is 3.70. The van der Waals surface area contributed by atoms with E-state index in [0.29, 0.717) is 11.3 Å². The molecular formula is C26H30BrN3O5. The van der Waals surface area contributed by atoms with Crippen LogP contribution < -0.4 is 10.7 Å². The minimum atomic E-state index is -0.766. The van der Waals surface area contributed by atoms with Crippen molar-refractivity contribution in [3.05, 3.63) is 63.6 Å². The van der Waals surface area contributed by atoms with Crippen LogP contribution in [0.25, 0.3) is 0 Å². The number of hydrogen-bond donors (Lipinski definition) is 2. The summed E-state index contributed by atoms with van der Waals surface area (Å²) in [6.45, 7) is 7.73. The Balaban J connectivity index is 1.50. The lowest BCUT2D eigenvalue weighted by Gasteiger charge is -2.20. The molecule has 1 heterocycles. The summed E-state index contributed by atoms with van der Waals surface area (Å²) in [4.78, 5) is 49.6. The minimum Gasteiger partial charge on any atom is -0.455 e. The predicted molar refractivity (Wildman–Crippen MR) is 136 cm³/mol. The zero-order chi connectivity index (χ0) is 25.8. The van der Waals surface area contributed by atoms with Gasteiger partial charge in [0.2, 0.25) is 5.91 Å². The Morgan fingerprint density at radius 2 is 1.80 bits per heavy atom. The first-order chi connectivity index (χ1) is 16.5. The second-order valence-corrected chi connectivity index (χ2v) is 10.4. The van der Waals surface area contributed by atoms with Crippen LogP contribution in [-0.2, 0) is 31.0 Å². The highest BCUT2D eigenvalue weighted by molar-refractivity contribution is 9.10. The molecule has 0 bridgehead atoms. The first-order valence-corrected chi connectivity index (χ1v) is 12.2. The number of ether oxygens (including phenoxy) is 1. The van der Waals surface area contributed by atoms with E-state index in [1.54, 1.807) is 18.2 Å². The van der Waals surface area contributed by atoms with E-state index in [-0.39, 0.29) is 18.4 Å². The van der Waals surface area contributed by atoms with Gasteiger partial charge in [-0.1, -0.05) is 55.8 Å². The van der Waals surface area contributed by atoms with Gasteiger partial charge in [0.15, 0.2) is 6.61 Å². The number of hydrazine groups is 1. The molecule has 0 aliphatic carbocycles. The topological polar surface area (TPSA) is 105 Å². The molecule has 1 aliphatic heterocycles. The van der Waals surface area contributed by atoms with Gasteiger partial charge in [0.25, 0.3) is 11.8 Å². The number of hydrogen-bond acceptors (Lipinski definition) is 5. The third-order valence-electron chi connectivity index (χ3n) is 5.78. The monoisotopic (exact) mass is 543 g/mol. The molecule has 2 N–H and O–H groups in total. The summed E-state index contributed by atoms with van der Waals surface area (Å²) < 4.78 is 6.04. The average molecular weight is 544 g/mol. The summed E-state index contributed by atoms with van der Waals surface area (Å²) in [5.74, 6) is -2.72. The molecule has 0 saturated carbocycles. The standard InChI is InChI=1S/C26H30BrN3O5/c1-5-16-12-20(27)10-11-21(16)28-22(31)15-35-25(34)18-13-23(32)30(14-18)29-24(33)17-6-8-19(9-7-17)26(2,3)4/h6-12,18H,5,13-15H2,1-4H3,(H,28,31)(H,29,33)/t18-/m1/s1. The van der Waals surface area contributed by atoms with Crippen molar-refractivity contribution in [2.24, 2.45) is 5.92 Å². The zero-order valence-corrected chi connectivity index (χ0v) is 21.9. The maximum Gasteiger partial charge on any atom is 0.311 e. The molecule has 35 heavy (non-hydrogen) atoms. The molecule has 0 unspecified atom stereocenters. The van der Waals surface area contributed by atoms with E-state index in [1.165, 1.54) is 0 Å². The van der Waals surface area contributed by atoms with Crippen molar-refractivity contribution < 1.29 is 23.9 Å². The van der Waals surface area contributed by atoms with Crippen molar-refractivity contribution in [2.75, 3.05) is 18.5 Å². The molecule has 1 saturated heterocycles. The van der Waals surface area contributed by atoms with Crippen molar-refractivity contribution >= 4 is 45.3 Å². The van der Waals surface area contributed by atoms with E-state index in [1.807, 2.05) is 31.2 Å². The van der Waals surface area contributed by atoms with Crippen LogP contribution in [0.2, 0.25) is 0 Å². The second-order valence-electron chi connectivity index (χ2n) is 9.48. The number of carbonyl (C=O) groups excluding carboxylic acids is 4. The van der Waals surface area contributed by atoms with Gasteiger partial charge in [-0.3, -0.25) is 29.6 Å². The average Bonchev–Trinajstić information content (AvgIpc) is 3.18. The summed E-state index contributed by atoms with van der Waals surface area (Å²) in [6.07, 6.45) is 0.623. The number of nitrogens with zero attached hydrogens (tertiary/aromatic N) is 1. The maximum atomic E-state index is 12.6. The molecule has 0 radical (unpaired) electrons. The number of carbonyl (C=O) groups is 4. The molecule has 1 aliphatic rings. The molecule has 0 aromatic heterocycles. The Bertz CT molecular complexity index is 1120. The first-order valence-electron chi connectivity index (χ1n) is 11.4. The highest BCUT2D eigenvalue weighted by Gasteiger charge is 2.36. The fraction of sp³-hybridized carbons (Fsp3) is 0.385. The van der Waals surface area contributed by atoms with Gasteiger partial charge in [-0.2, -0.15) is 0 Å². The van der Waals surface area contributed by atoms with Gasteiger partial charge < -0.3 is 10.1 Å². The highest BCUT2D eigenvalue weighted by Crippen LogP contribution is 2.23. The maximum absolute atomic E-state index is 12.6. The van der Waals surface area contributed by atoms with Crippen LogP contribution in [0.15, 0.2) is 46.9 Å². The SMILES string of the molecule is CCc1cc(Br)ccc1NC(=O)COC(=O)[C@@H]1CC(=O)N(NC(=O)c2ccc(C(C)(C)C)cc2)C1. The quantitative estimate of drug-likeness (QED) is 0.514. The minimum absolute atomic E-state index is 0.0161. The van der Waals surface area contributed by atoms with Gasteiger partial charge in [-0.05, 0) is 53.3 Å². The number of nitrogens with one attached hydrogen (secondary N) is 2. The Morgan fingerprint density at radius 1 is 1.11 bits per heavy atom. The molecule has 2 aromatic rings. The number of aryl methyl sites for hydroxylation is 1. The molecular weight excluding hydrogens is 514 g/mol. The zero-order valence-electron chi connectivity index (χ0n) is 20.3. The number of benzene rings is 2. The smallest absolute Gasteiger partial charge is 0.311 e. The van der Waals surface area contributed by atoms with Gasteiger partial charge in [-0.25, -0.2) is 0 Å². The van der Waals surface area contributed by atoms with Crippen LogP contribution in [0.3, 0.4) is 0 Å². The Morgan fingerprint density at radius 3 is 2.43 bits per heavy atom. The molecule has 0 spiro atoms. The number of esters is 1. The molecule has 1 atom stereocenters. The lowest BCUT2D eigenvalue weighted by atomic mass is 9.87. The summed E-state index contributed by atoms with van der Waals surface area (Å²) in [5.41, 5.74) is 5.61. The molecule has 8 nitrogen and oxygen atoms in total. The lowest BCUT2D eigenvalue weighted by Crippen LogP contribution is -2.43. The molecule has 9 heteroatoms. The Kier molecular flexibility index (Phi) is 8.32. The van der Waals surface area contributed by atoms with Gasteiger partial charge in [-0.15, -0.1) is 0 Å². The molecule has 1 fully saturated rings. The number of amides is 3. The van der Waals surface area contributed by atoms with Crippen molar-refractivity contribution in [2.45, 2.75) is 46.0 Å². The van der Waals surface area contributed by atoms with Crippen LogP contribution in [0.5, 0.6) is 0 Å². The van der Waals surface area contributed by atoms with E-state index in [0.717, 1.165) is 27.0 Å². The normalized spacial score (nSPS) is 15.6. The predicted octanol–water partition coefficient (Wildman–Crippen LogP) is 3.98. The van der Waals surface area contributed by atoms with Gasteiger partial charge in [0.05, 0.1) is 12.5 Å². The lowest BCUT2D eigenvalue weighted by molar-refractivity contribution is -0.151. The van der Waals surface area contributed by atoms with Gasteiger partial charge in [0, 0.05) is 22.1 Å². The third-order valence-corrected chi connectivity index (χ3v) is 6.27. The number of anilines is 1. The third kappa shape index (κ3) is 6.91.